The van der Waals surface area contributed by atoms with Gasteiger partial charge in [0.2, 0.25) is 5.91 Å². The smallest absolute Gasteiger partial charge is 0.234 e. The van der Waals surface area contributed by atoms with E-state index in [1.807, 2.05) is 4.90 Å². The van der Waals surface area contributed by atoms with Crippen LogP contribution < -0.4 is 5.32 Å². The molecule has 1 unspecified atom stereocenters. The highest BCUT2D eigenvalue weighted by Crippen LogP contribution is 2.17. The van der Waals surface area contributed by atoms with Crippen LogP contribution in [-0.2, 0) is 4.79 Å². The van der Waals surface area contributed by atoms with Crippen molar-refractivity contribution in [1.82, 2.24) is 10.2 Å². The van der Waals surface area contributed by atoms with E-state index in [-0.39, 0.29) is 12.0 Å². The van der Waals surface area contributed by atoms with Gasteiger partial charge in [0.25, 0.3) is 0 Å². The zero-order valence-electron chi connectivity index (χ0n) is 9.11. The molecule has 2 N–H and O–H groups in total. The largest absolute Gasteiger partial charge is 0.392 e. The van der Waals surface area contributed by atoms with Gasteiger partial charge in [0, 0.05) is 19.1 Å². The Labute approximate surface area is 90.6 Å². The molecule has 1 amide bonds. The lowest BCUT2D eigenvalue weighted by Crippen LogP contribution is -2.40. The van der Waals surface area contributed by atoms with E-state index >= 15 is 0 Å². The summed E-state index contributed by atoms with van der Waals surface area (Å²) >= 11 is 0. The highest BCUT2D eigenvalue weighted by molar-refractivity contribution is 5.78. The molecule has 15 heavy (non-hydrogen) atoms. The summed E-state index contributed by atoms with van der Waals surface area (Å²) in [7, 11) is 0. The second kappa shape index (κ2) is 4.94. The Kier molecular flexibility index (Phi) is 3.59. The van der Waals surface area contributed by atoms with Crippen molar-refractivity contribution in [2.75, 3.05) is 19.6 Å². The van der Waals surface area contributed by atoms with E-state index in [9.17, 15) is 9.90 Å². The number of rotatable bonds is 3. The van der Waals surface area contributed by atoms with E-state index in [4.69, 9.17) is 0 Å². The average Bonchev–Trinajstić information content (AvgIpc) is 2.77. The summed E-state index contributed by atoms with van der Waals surface area (Å²) in [6.45, 7) is 1.95. The van der Waals surface area contributed by atoms with Crippen LogP contribution in [0.15, 0.2) is 0 Å². The van der Waals surface area contributed by atoms with Crippen LogP contribution in [0.2, 0.25) is 0 Å². The number of β-amino-alcohol motifs (C(OH)–C–C–N with tert-alkyl or cyclic N) is 1. The molecule has 0 aromatic heterocycles. The van der Waals surface area contributed by atoms with E-state index in [0.29, 0.717) is 19.1 Å². The molecule has 4 nitrogen and oxygen atoms in total. The number of hydrogen-bond acceptors (Lipinski definition) is 3. The molecule has 0 aromatic rings. The van der Waals surface area contributed by atoms with Crippen molar-refractivity contribution in [3.63, 3.8) is 0 Å². The van der Waals surface area contributed by atoms with Gasteiger partial charge in [-0.3, -0.25) is 9.69 Å². The average molecular weight is 212 g/mol. The van der Waals surface area contributed by atoms with E-state index < -0.39 is 0 Å². The Bertz CT molecular complexity index is 227. The predicted molar refractivity (Wildman–Crippen MR) is 57.5 cm³/mol. The number of aliphatic hydroxyl groups excluding tert-OH is 1. The number of nitrogens with zero attached hydrogens (tertiary/aromatic N) is 1. The second-order valence-corrected chi connectivity index (χ2v) is 4.73. The maximum absolute atomic E-state index is 11.6. The lowest BCUT2D eigenvalue weighted by atomic mass is 10.2. The van der Waals surface area contributed by atoms with Crippen LogP contribution >= 0.6 is 0 Å². The van der Waals surface area contributed by atoms with Crippen LogP contribution in [0, 0.1) is 0 Å². The number of likely N-dealkylation sites (tertiary alicyclic amines) is 1. The first-order valence-electron chi connectivity index (χ1n) is 5.94. The van der Waals surface area contributed by atoms with Crippen molar-refractivity contribution in [2.45, 2.75) is 44.2 Å². The Morgan fingerprint density at radius 3 is 2.67 bits per heavy atom. The number of carbonyl (C=O) groups excluding carboxylic acids is 1. The minimum absolute atomic E-state index is 0.121. The van der Waals surface area contributed by atoms with Crippen molar-refractivity contribution < 1.29 is 9.90 Å². The first-order valence-corrected chi connectivity index (χ1v) is 5.94. The molecule has 2 fully saturated rings. The highest BCUT2D eigenvalue weighted by atomic mass is 16.3. The SMILES string of the molecule is O=C(CN1CCC(O)C1)NC1CCCC1. The third kappa shape index (κ3) is 3.18. The minimum atomic E-state index is -0.232. The summed E-state index contributed by atoms with van der Waals surface area (Å²) in [6, 6.07) is 0.407. The van der Waals surface area contributed by atoms with Crippen LogP contribution in [0.25, 0.3) is 0 Å². The van der Waals surface area contributed by atoms with Crippen molar-refractivity contribution in [2.24, 2.45) is 0 Å². The van der Waals surface area contributed by atoms with Gasteiger partial charge in [-0.1, -0.05) is 12.8 Å². The van der Waals surface area contributed by atoms with E-state index in [0.717, 1.165) is 25.8 Å². The van der Waals surface area contributed by atoms with Crippen molar-refractivity contribution in [3.05, 3.63) is 0 Å². The first kappa shape index (κ1) is 10.9. The van der Waals surface area contributed by atoms with Crippen molar-refractivity contribution >= 4 is 5.91 Å². The number of carbonyl (C=O) groups is 1. The monoisotopic (exact) mass is 212 g/mol. The summed E-state index contributed by atoms with van der Waals surface area (Å²) in [4.78, 5) is 13.7. The zero-order chi connectivity index (χ0) is 10.7. The molecule has 4 heteroatoms. The fourth-order valence-corrected chi connectivity index (χ4v) is 2.50. The Morgan fingerprint density at radius 2 is 2.07 bits per heavy atom. The normalized spacial score (nSPS) is 28.5. The molecule has 0 aromatic carbocycles. The standard InChI is InChI=1S/C11H20N2O2/c14-10-5-6-13(7-10)8-11(15)12-9-3-1-2-4-9/h9-10,14H,1-8H2,(H,12,15). The van der Waals surface area contributed by atoms with Gasteiger partial charge in [-0.2, -0.15) is 0 Å². The third-order valence-electron chi connectivity index (χ3n) is 3.33. The number of nitrogens with one attached hydrogen (secondary N) is 1. The molecular weight excluding hydrogens is 192 g/mol. The van der Waals surface area contributed by atoms with Crippen LogP contribution in [0.5, 0.6) is 0 Å². The fourth-order valence-electron chi connectivity index (χ4n) is 2.50. The van der Waals surface area contributed by atoms with Gasteiger partial charge in [0.1, 0.15) is 0 Å². The molecule has 1 saturated heterocycles. The van der Waals surface area contributed by atoms with Gasteiger partial charge in [0.05, 0.1) is 12.6 Å². The summed E-state index contributed by atoms with van der Waals surface area (Å²) in [5.74, 6) is 0.121. The van der Waals surface area contributed by atoms with E-state index in [2.05, 4.69) is 5.32 Å². The van der Waals surface area contributed by atoms with Gasteiger partial charge < -0.3 is 10.4 Å². The molecule has 86 valence electrons. The quantitative estimate of drug-likeness (QED) is 0.698. The molecule has 2 rings (SSSR count). The van der Waals surface area contributed by atoms with Crippen molar-refractivity contribution in [1.29, 1.82) is 0 Å². The first-order chi connectivity index (χ1) is 7.24. The van der Waals surface area contributed by atoms with Crippen LogP contribution in [-0.4, -0.2) is 47.7 Å². The molecule has 1 heterocycles. The van der Waals surface area contributed by atoms with Crippen LogP contribution in [0.3, 0.4) is 0 Å². The summed E-state index contributed by atoms with van der Waals surface area (Å²) in [5, 5.41) is 12.4. The van der Waals surface area contributed by atoms with Crippen LogP contribution in [0.1, 0.15) is 32.1 Å². The molecule has 2 aliphatic rings. The Morgan fingerprint density at radius 1 is 1.33 bits per heavy atom. The molecular formula is C11H20N2O2. The van der Waals surface area contributed by atoms with Gasteiger partial charge >= 0.3 is 0 Å². The van der Waals surface area contributed by atoms with Crippen molar-refractivity contribution in [3.8, 4) is 0 Å². The predicted octanol–water partition coefficient (Wildman–Crippen LogP) is 0.112. The van der Waals surface area contributed by atoms with Gasteiger partial charge in [-0.05, 0) is 19.3 Å². The second-order valence-electron chi connectivity index (χ2n) is 4.73. The maximum atomic E-state index is 11.6. The molecule has 0 radical (unpaired) electrons. The lowest BCUT2D eigenvalue weighted by Gasteiger charge is -2.17. The molecule has 1 saturated carbocycles. The summed E-state index contributed by atoms with van der Waals surface area (Å²) in [5.41, 5.74) is 0. The van der Waals surface area contributed by atoms with Gasteiger partial charge in [-0.25, -0.2) is 0 Å². The summed E-state index contributed by atoms with van der Waals surface area (Å²) in [6.07, 6.45) is 5.32. The van der Waals surface area contributed by atoms with E-state index in [1.54, 1.807) is 0 Å². The molecule has 1 aliphatic carbocycles. The number of hydrogen-bond donors (Lipinski definition) is 2. The van der Waals surface area contributed by atoms with Gasteiger partial charge in [0.15, 0.2) is 0 Å². The highest BCUT2D eigenvalue weighted by Gasteiger charge is 2.23. The van der Waals surface area contributed by atoms with E-state index in [1.165, 1.54) is 12.8 Å². The third-order valence-corrected chi connectivity index (χ3v) is 3.33. The Hall–Kier alpha value is -0.610. The summed E-state index contributed by atoms with van der Waals surface area (Å²) < 4.78 is 0. The fraction of sp³-hybridized carbons (Fsp3) is 0.909. The Balaban J connectivity index is 1.67. The number of amides is 1. The lowest BCUT2D eigenvalue weighted by molar-refractivity contribution is -0.122. The van der Waals surface area contributed by atoms with Gasteiger partial charge in [-0.15, -0.1) is 0 Å². The minimum Gasteiger partial charge on any atom is -0.392 e. The number of aliphatic hydroxyl groups is 1. The molecule has 0 spiro atoms. The molecule has 1 aliphatic heterocycles. The maximum Gasteiger partial charge on any atom is 0.234 e. The van der Waals surface area contributed by atoms with Crippen LogP contribution in [0.4, 0.5) is 0 Å². The molecule has 1 atom stereocenters. The zero-order valence-corrected chi connectivity index (χ0v) is 9.11. The topological polar surface area (TPSA) is 52.6 Å². The molecule has 0 bridgehead atoms.